The van der Waals surface area contributed by atoms with Gasteiger partial charge in [-0.05, 0) is 22.0 Å². The molecule has 0 saturated carbocycles. The van der Waals surface area contributed by atoms with E-state index in [2.05, 4.69) is 21.2 Å². The maximum absolute atomic E-state index is 13.4. The molecule has 0 aromatic heterocycles. The second kappa shape index (κ2) is 7.15. The van der Waals surface area contributed by atoms with Gasteiger partial charge in [0.25, 0.3) is 0 Å². The molecule has 0 fully saturated rings. The molecule has 0 bridgehead atoms. The van der Waals surface area contributed by atoms with Gasteiger partial charge in [-0.2, -0.15) is 0 Å². The maximum atomic E-state index is 13.4. The number of carboxylic acids is 1. The van der Waals surface area contributed by atoms with Crippen LogP contribution in [0.25, 0.3) is 0 Å². The minimum atomic E-state index is -1.34. The number of benzene rings is 1. The molecule has 1 rings (SSSR count). The standard InChI is InChI=1S/C11H11BrF2N2O4/c12-5-3-9(7(14)4-6(5)13)16-11(20)15-8(1-2-17)10(18)19/h3-4,8,17H,1-2H2,(H,18,19)(H2,15,16,20)/t8-/m1/s1. The van der Waals surface area contributed by atoms with Crippen molar-refractivity contribution in [2.75, 3.05) is 11.9 Å². The molecular weight excluding hydrogens is 342 g/mol. The first kappa shape index (κ1) is 16.3. The van der Waals surface area contributed by atoms with Gasteiger partial charge in [0.05, 0.1) is 10.2 Å². The Balaban J connectivity index is 2.75. The Hall–Kier alpha value is -1.74. The van der Waals surface area contributed by atoms with E-state index in [0.29, 0.717) is 6.07 Å². The van der Waals surface area contributed by atoms with Gasteiger partial charge in [0.2, 0.25) is 0 Å². The summed E-state index contributed by atoms with van der Waals surface area (Å²) in [5, 5.41) is 21.5. The van der Waals surface area contributed by atoms with Gasteiger partial charge in [0, 0.05) is 19.1 Å². The van der Waals surface area contributed by atoms with Gasteiger partial charge >= 0.3 is 12.0 Å². The maximum Gasteiger partial charge on any atom is 0.326 e. The third-order valence-corrected chi connectivity index (χ3v) is 2.89. The average Bonchev–Trinajstić information content (AvgIpc) is 2.35. The quantitative estimate of drug-likeness (QED) is 0.606. The summed E-state index contributed by atoms with van der Waals surface area (Å²) in [7, 11) is 0. The largest absolute Gasteiger partial charge is 0.480 e. The molecule has 1 aromatic carbocycles. The van der Waals surface area contributed by atoms with Gasteiger partial charge in [0.15, 0.2) is 0 Å². The Kier molecular flexibility index (Phi) is 5.83. The number of hydrogen-bond donors (Lipinski definition) is 4. The molecule has 0 aliphatic heterocycles. The first-order chi connectivity index (χ1) is 9.35. The average molecular weight is 353 g/mol. The SMILES string of the molecule is O=C(Nc1cc(Br)c(F)cc1F)N[C@H](CCO)C(=O)O. The lowest BCUT2D eigenvalue weighted by Gasteiger charge is -2.14. The zero-order valence-corrected chi connectivity index (χ0v) is 11.6. The number of aliphatic carboxylic acids is 1. The molecule has 1 atom stereocenters. The summed E-state index contributed by atoms with van der Waals surface area (Å²) in [6.07, 6.45) is -0.196. The second-order valence-corrected chi connectivity index (χ2v) is 4.60. The number of halogens is 3. The van der Waals surface area contributed by atoms with Crippen LogP contribution in [0.3, 0.4) is 0 Å². The number of nitrogens with one attached hydrogen (secondary N) is 2. The predicted octanol–water partition coefficient (Wildman–Crippen LogP) is 1.68. The number of amides is 2. The molecule has 6 nitrogen and oxygen atoms in total. The Morgan fingerprint density at radius 1 is 1.30 bits per heavy atom. The summed E-state index contributed by atoms with van der Waals surface area (Å²) < 4.78 is 26.3. The number of urea groups is 1. The third kappa shape index (κ3) is 4.42. The van der Waals surface area contributed by atoms with Crippen molar-refractivity contribution in [3.05, 3.63) is 28.2 Å². The van der Waals surface area contributed by atoms with Gasteiger partial charge < -0.3 is 20.8 Å². The molecule has 4 N–H and O–H groups in total. The van der Waals surface area contributed by atoms with Crippen molar-refractivity contribution in [3.8, 4) is 0 Å². The van der Waals surface area contributed by atoms with Gasteiger partial charge in [-0.15, -0.1) is 0 Å². The normalized spacial score (nSPS) is 11.8. The predicted molar refractivity (Wildman–Crippen MR) is 69.3 cm³/mol. The van der Waals surface area contributed by atoms with Gasteiger partial charge in [-0.1, -0.05) is 0 Å². The van der Waals surface area contributed by atoms with E-state index in [4.69, 9.17) is 10.2 Å². The highest BCUT2D eigenvalue weighted by Crippen LogP contribution is 2.23. The molecule has 0 radical (unpaired) electrons. The lowest BCUT2D eigenvalue weighted by molar-refractivity contribution is -0.139. The van der Waals surface area contributed by atoms with Gasteiger partial charge in [-0.25, -0.2) is 18.4 Å². The molecule has 110 valence electrons. The molecule has 0 saturated heterocycles. The summed E-state index contributed by atoms with van der Waals surface area (Å²) in [4.78, 5) is 22.3. The van der Waals surface area contributed by atoms with Crippen LogP contribution in [0.2, 0.25) is 0 Å². The zero-order valence-electron chi connectivity index (χ0n) is 9.99. The van der Waals surface area contributed by atoms with Crippen LogP contribution in [0.15, 0.2) is 16.6 Å². The van der Waals surface area contributed by atoms with Crippen LogP contribution in [0.4, 0.5) is 19.3 Å². The summed E-state index contributed by atoms with van der Waals surface area (Å²) in [5.74, 6) is -3.18. The smallest absolute Gasteiger partial charge is 0.326 e. The van der Waals surface area contributed by atoms with Crippen LogP contribution in [0.5, 0.6) is 0 Å². The molecule has 0 aliphatic rings. The van der Waals surface area contributed by atoms with Gasteiger partial charge in [0.1, 0.15) is 17.7 Å². The zero-order chi connectivity index (χ0) is 15.3. The number of carboxylic acid groups (broad SMARTS) is 1. The van der Waals surface area contributed by atoms with Crippen LogP contribution >= 0.6 is 15.9 Å². The number of hydrogen-bond acceptors (Lipinski definition) is 3. The number of carbonyl (C=O) groups is 2. The fourth-order valence-electron chi connectivity index (χ4n) is 1.32. The van der Waals surface area contributed by atoms with Gasteiger partial charge in [-0.3, -0.25) is 0 Å². The molecule has 20 heavy (non-hydrogen) atoms. The van der Waals surface area contributed by atoms with E-state index in [-0.39, 0.29) is 16.6 Å². The van der Waals surface area contributed by atoms with E-state index in [0.717, 1.165) is 6.07 Å². The summed E-state index contributed by atoms with van der Waals surface area (Å²) >= 11 is 2.83. The van der Waals surface area contributed by atoms with Crippen molar-refractivity contribution < 1.29 is 28.6 Å². The molecule has 9 heteroatoms. The lowest BCUT2D eigenvalue weighted by atomic mass is 10.2. The molecule has 2 amide bonds. The number of rotatable bonds is 5. The molecule has 0 heterocycles. The number of anilines is 1. The van der Waals surface area contributed by atoms with Crippen LogP contribution in [0, 0.1) is 11.6 Å². The minimum Gasteiger partial charge on any atom is -0.480 e. The highest BCUT2D eigenvalue weighted by atomic mass is 79.9. The van der Waals surface area contributed by atoms with Crippen molar-refractivity contribution >= 4 is 33.6 Å². The van der Waals surface area contributed by atoms with Crippen molar-refractivity contribution in [1.29, 1.82) is 0 Å². The third-order valence-electron chi connectivity index (χ3n) is 2.28. The van der Waals surface area contributed by atoms with Crippen molar-refractivity contribution in [2.24, 2.45) is 0 Å². The van der Waals surface area contributed by atoms with E-state index >= 15 is 0 Å². The second-order valence-electron chi connectivity index (χ2n) is 3.75. The van der Waals surface area contributed by atoms with Crippen molar-refractivity contribution in [1.82, 2.24) is 5.32 Å². The molecule has 0 spiro atoms. The van der Waals surface area contributed by atoms with Crippen LogP contribution < -0.4 is 10.6 Å². The summed E-state index contributed by atoms with van der Waals surface area (Å²) in [6.45, 7) is -0.437. The fourth-order valence-corrected chi connectivity index (χ4v) is 1.66. The van der Waals surface area contributed by atoms with E-state index < -0.39 is 36.3 Å². The van der Waals surface area contributed by atoms with Crippen molar-refractivity contribution in [2.45, 2.75) is 12.5 Å². The highest BCUT2D eigenvalue weighted by Gasteiger charge is 2.20. The van der Waals surface area contributed by atoms with Crippen molar-refractivity contribution in [3.63, 3.8) is 0 Å². The molecule has 0 aliphatic carbocycles. The lowest BCUT2D eigenvalue weighted by Crippen LogP contribution is -2.43. The minimum absolute atomic E-state index is 0.0562. The Morgan fingerprint density at radius 3 is 2.50 bits per heavy atom. The summed E-state index contributed by atoms with van der Waals surface area (Å²) in [5.41, 5.74) is -0.316. The highest BCUT2D eigenvalue weighted by molar-refractivity contribution is 9.10. The van der Waals surface area contributed by atoms with Crippen LogP contribution in [0.1, 0.15) is 6.42 Å². The number of carbonyl (C=O) groups excluding carboxylic acids is 1. The molecular formula is C11H11BrF2N2O4. The topological polar surface area (TPSA) is 98.7 Å². The Morgan fingerprint density at radius 2 is 1.95 bits per heavy atom. The molecule has 1 aromatic rings. The van der Waals surface area contributed by atoms with E-state index in [1.807, 2.05) is 5.32 Å². The van der Waals surface area contributed by atoms with E-state index in [1.54, 1.807) is 0 Å². The first-order valence-electron chi connectivity index (χ1n) is 5.41. The number of aliphatic hydroxyl groups excluding tert-OH is 1. The first-order valence-corrected chi connectivity index (χ1v) is 6.20. The number of aliphatic hydroxyl groups is 1. The van der Waals surface area contributed by atoms with Crippen LogP contribution in [-0.4, -0.2) is 34.9 Å². The monoisotopic (exact) mass is 352 g/mol. The van der Waals surface area contributed by atoms with Crippen LogP contribution in [-0.2, 0) is 4.79 Å². The Bertz CT molecular complexity index is 527. The fraction of sp³-hybridized carbons (Fsp3) is 0.273. The van der Waals surface area contributed by atoms with E-state index in [9.17, 15) is 18.4 Å². The Labute approximate surface area is 120 Å². The molecule has 0 unspecified atom stereocenters. The van der Waals surface area contributed by atoms with E-state index in [1.165, 1.54) is 0 Å². The summed E-state index contributed by atoms with van der Waals surface area (Å²) in [6, 6.07) is -0.719.